The van der Waals surface area contributed by atoms with E-state index in [1.54, 1.807) is 0 Å². The molecule has 3 nitrogen and oxygen atoms in total. The van der Waals surface area contributed by atoms with Gasteiger partial charge >= 0.3 is 0 Å². The molecule has 0 amide bonds. The first-order valence-corrected chi connectivity index (χ1v) is 5.99. The van der Waals surface area contributed by atoms with Crippen molar-refractivity contribution < 1.29 is 4.42 Å². The second-order valence-electron chi connectivity index (χ2n) is 4.70. The SMILES string of the molecule is Cc1nc2c(C3CC3)nc3ccccc3c2o1. The molecule has 0 bridgehead atoms. The number of aromatic nitrogens is 2. The molecule has 3 aromatic rings. The Morgan fingerprint density at radius 3 is 2.82 bits per heavy atom. The number of para-hydroxylation sites is 1. The van der Waals surface area contributed by atoms with Crippen molar-refractivity contribution in [3.8, 4) is 0 Å². The number of benzene rings is 1. The van der Waals surface area contributed by atoms with E-state index in [4.69, 9.17) is 9.40 Å². The van der Waals surface area contributed by atoms with E-state index in [0.717, 1.165) is 33.6 Å². The maximum Gasteiger partial charge on any atom is 0.192 e. The fraction of sp³-hybridized carbons (Fsp3) is 0.286. The summed E-state index contributed by atoms with van der Waals surface area (Å²) in [6.45, 7) is 1.89. The maximum absolute atomic E-state index is 5.75. The number of pyridine rings is 1. The highest BCUT2D eigenvalue weighted by Gasteiger charge is 2.29. The third kappa shape index (κ3) is 1.28. The number of fused-ring (bicyclic) bond motifs is 3. The van der Waals surface area contributed by atoms with Crippen LogP contribution in [0, 0.1) is 6.92 Å². The van der Waals surface area contributed by atoms with Gasteiger partial charge in [0.25, 0.3) is 0 Å². The topological polar surface area (TPSA) is 38.9 Å². The first kappa shape index (κ1) is 9.16. The molecule has 2 heterocycles. The Morgan fingerprint density at radius 2 is 2.00 bits per heavy atom. The van der Waals surface area contributed by atoms with E-state index in [1.165, 1.54) is 12.8 Å². The summed E-state index contributed by atoms with van der Waals surface area (Å²) in [7, 11) is 0. The van der Waals surface area contributed by atoms with Gasteiger partial charge in [-0.25, -0.2) is 9.97 Å². The average Bonchev–Trinajstić information content (AvgIpc) is 3.10. The Labute approximate surface area is 98.5 Å². The van der Waals surface area contributed by atoms with E-state index < -0.39 is 0 Å². The van der Waals surface area contributed by atoms with Crippen LogP contribution >= 0.6 is 0 Å². The van der Waals surface area contributed by atoms with Crippen LogP contribution in [0.5, 0.6) is 0 Å². The molecule has 0 atom stereocenters. The van der Waals surface area contributed by atoms with Gasteiger partial charge < -0.3 is 4.42 Å². The molecule has 1 aromatic carbocycles. The lowest BCUT2D eigenvalue weighted by atomic mass is 10.1. The van der Waals surface area contributed by atoms with Crippen LogP contribution in [0.2, 0.25) is 0 Å². The lowest BCUT2D eigenvalue weighted by molar-refractivity contribution is 0.563. The summed E-state index contributed by atoms with van der Waals surface area (Å²) in [5.41, 5.74) is 3.99. The van der Waals surface area contributed by atoms with Crippen LogP contribution < -0.4 is 0 Å². The molecular weight excluding hydrogens is 212 g/mol. The Balaban J connectivity index is 2.21. The molecule has 0 radical (unpaired) electrons. The summed E-state index contributed by atoms with van der Waals surface area (Å²) in [5, 5.41) is 1.06. The van der Waals surface area contributed by atoms with Crippen LogP contribution in [0.1, 0.15) is 30.3 Å². The van der Waals surface area contributed by atoms with Crippen molar-refractivity contribution in [1.29, 1.82) is 0 Å². The van der Waals surface area contributed by atoms with Gasteiger partial charge in [-0.05, 0) is 25.0 Å². The van der Waals surface area contributed by atoms with E-state index in [0.29, 0.717) is 5.92 Å². The Morgan fingerprint density at radius 1 is 1.18 bits per heavy atom. The molecule has 84 valence electrons. The molecule has 0 saturated heterocycles. The number of hydrogen-bond acceptors (Lipinski definition) is 3. The van der Waals surface area contributed by atoms with Gasteiger partial charge in [0.15, 0.2) is 11.5 Å². The lowest BCUT2D eigenvalue weighted by Gasteiger charge is -2.02. The first-order chi connectivity index (χ1) is 8.33. The van der Waals surface area contributed by atoms with Crippen LogP contribution in [-0.4, -0.2) is 9.97 Å². The van der Waals surface area contributed by atoms with E-state index in [2.05, 4.69) is 4.98 Å². The molecular formula is C14H12N2O. The summed E-state index contributed by atoms with van der Waals surface area (Å²) in [6, 6.07) is 8.11. The minimum atomic E-state index is 0.589. The van der Waals surface area contributed by atoms with Crippen molar-refractivity contribution in [3.05, 3.63) is 35.9 Å². The van der Waals surface area contributed by atoms with E-state index in [-0.39, 0.29) is 0 Å². The molecule has 1 saturated carbocycles. The van der Waals surface area contributed by atoms with Crippen LogP contribution in [0.15, 0.2) is 28.7 Å². The molecule has 0 spiro atoms. The summed E-state index contributed by atoms with van der Waals surface area (Å²) in [5.74, 6) is 1.31. The average molecular weight is 224 g/mol. The largest absolute Gasteiger partial charge is 0.440 e. The maximum atomic E-state index is 5.75. The zero-order valence-corrected chi connectivity index (χ0v) is 9.60. The Kier molecular flexibility index (Phi) is 1.65. The van der Waals surface area contributed by atoms with Crippen LogP contribution in [0.3, 0.4) is 0 Å². The molecule has 0 unspecified atom stereocenters. The summed E-state index contributed by atoms with van der Waals surface area (Å²) in [6.07, 6.45) is 2.46. The van der Waals surface area contributed by atoms with Crippen molar-refractivity contribution in [2.45, 2.75) is 25.7 Å². The second kappa shape index (κ2) is 3.06. The summed E-state index contributed by atoms with van der Waals surface area (Å²) < 4.78 is 5.75. The molecule has 1 aliphatic carbocycles. The van der Waals surface area contributed by atoms with Crippen LogP contribution in [-0.2, 0) is 0 Å². The van der Waals surface area contributed by atoms with Gasteiger partial charge in [-0.15, -0.1) is 0 Å². The predicted molar refractivity (Wildman–Crippen MR) is 66.0 cm³/mol. The van der Waals surface area contributed by atoms with Crippen molar-refractivity contribution in [2.24, 2.45) is 0 Å². The highest BCUT2D eigenvalue weighted by atomic mass is 16.3. The van der Waals surface area contributed by atoms with Gasteiger partial charge in [0.05, 0.1) is 11.2 Å². The number of oxazole rings is 1. The summed E-state index contributed by atoms with van der Waals surface area (Å²) >= 11 is 0. The van der Waals surface area contributed by atoms with Gasteiger partial charge in [0.1, 0.15) is 5.52 Å². The normalized spacial score (nSPS) is 15.8. The zero-order valence-electron chi connectivity index (χ0n) is 9.60. The lowest BCUT2D eigenvalue weighted by Crippen LogP contribution is -1.90. The van der Waals surface area contributed by atoms with Crippen molar-refractivity contribution in [1.82, 2.24) is 9.97 Å². The second-order valence-corrected chi connectivity index (χ2v) is 4.70. The third-order valence-electron chi connectivity index (χ3n) is 3.33. The number of rotatable bonds is 1. The highest BCUT2D eigenvalue weighted by Crippen LogP contribution is 2.43. The summed E-state index contributed by atoms with van der Waals surface area (Å²) in [4.78, 5) is 9.25. The smallest absolute Gasteiger partial charge is 0.192 e. The molecule has 17 heavy (non-hydrogen) atoms. The van der Waals surface area contributed by atoms with Gasteiger partial charge in [-0.3, -0.25) is 0 Å². The molecule has 1 aliphatic rings. The standard InChI is InChI=1S/C14H12N2O/c1-8-15-13-12(9-6-7-9)16-11-5-3-2-4-10(11)14(13)17-8/h2-5,9H,6-7H2,1H3. The van der Waals surface area contributed by atoms with Gasteiger partial charge in [0.2, 0.25) is 0 Å². The van der Waals surface area contributed by atoms with Crippen molar-refractivity contribution in [2.75, 3.05) is 0 Å². The molecule has 3 heteroatoms. The molecule has 0 aliphatic heterocycles. The Bertz CT molecular complexity index is 725. The van der Waals surface area contributed by atoms with Crippen molar-refractivity contribution in [3.63, 3.8) is 0 Å². The fourth-order valence-electron chi connectivity index (χ4n) is 2.37. The van der Waals surface area contributed by atoms with E-state index >= 15 is 0 Å². The van der Waals surface area contributed by atoms with Gasteiger partial charge in [-0.1, -0.05) is 12.1 Å². The minimum absolute atomic E-state index is 0.589. The number of hydrogen-bond donors (Lipinski definition) is 0. The monoisotopic (exact) mass is 224 g/mol. The molecule has 4 rings (SSSR count). The number of nitrogens with zero attached hydrogens (tertiary/aromatic N) is 2. The van der Waals surface area contributed by atoms with Crippen LogP contribution in [0.4, 0.5) is 0 Å². The van der Waals surface area contributed by atoms with E-state index in [1.807, 2.05) is 31.2 Å². The quantitative estimate of drug-likeness (QED) is 0.634. The molecule has 2 aromatic heterocycles. The number of aryl methyl sites for hydroxylation is 1. The first-order valence-electron chi connectivity index (χ1n) is 5.99. The molecule has 1 fully saturated rings. The highest BCUT2D eigenvalue weighted by molar-refractivity contribution is 6.01. The Hall–Kier alpha value is -1.90. The van der Waals surface area contributed by atoms with E-state index in [9.17, 15) is 0 Å². The van der Waals surface area contributed by atoms with Gasteiger partial charge in [0, 0.05) is 18.2 Å². The third-order valence-corrected chi connectivity index (χ3v) is 3.33. The minimum Gasteiger partial charge on any atom is -0.440 e. The zero-order chi connectivity index (χ0) is 11.4. The van der Waals surface area contributed by atoms with Crippen molar-refractivity contribution >= 4 is 22.0 Å². The molecule has 0 N–H and O–H groups in total. The van der Waals surface area contributed by atoms with Crippen LogP contribution in [0.25, 0.3) is 22.0 Å². The predicted octanol–water partition coefficient (Wildman–Crippen LogP) is 3.56. The van der Waals surface area contributed by atoms with Gasteiger partial charge in [-0.2, -0.15) is 0 Å². The fourth-order valence-corrected chi connectivity index (χ4v) is 2.37.